The summed E-state index contributed by atoms with van der Waals surface area (Å²) >= 11 is 0. The fourth-order valence-corrected chi connectivity index (χ4v) is 6.70. The highest BCUT2D eigenvalue weighted by Gasteiger charge is 2.56. The quantitative estimate of drug-likeness (QED) is 0.597. The molecule has 2 fully saturated rings. The molecule has 36 heavy (non-hydrogen) atoms. The zero-order valence-corrected chi connectivity index (χ0v) is 20.8. The number of rotatable bonds is 8. The molecular formula is C29H36N4O3. The number of allylic oxidation sites excluding steroid dienone is 2. The summed E-state index contributed by atoms with van der Waals surface area (Å²) in [4.78, 5) is 33.9. The summed E-state index contributed by atoms with van der Waals surface area (Å²) in [5.41, 5.74) is 4.11. The van der Waals surface area contributed by atoms with Crippen molar-refractivity contribution in [3.63, 3.8) is 0 Å². The third-order valence-corrected chi connectivity index (χ3v) is 8.74. The minimum absolute atomic E-state index is 0.00247. The minimum Gasteiger partial charge on any atom is -0.396 e. The van der Waals surface area contributed by atoms with E-state index in [-0.39, 0.29) is 42.0 Å². The first-order chi connectivity index (χ1) is 17.7. The first kappa shape index (κ1) is 23.6. The fourth-order valence-electron chi connectivity index (χ4n) is 6.70. The number of carbonyl (C=O) groups is 1. The van der Waals surface area contributed by atoms with Gasteiger partial charge in [0.1, 0.15) is 0 Å². The van der Waals surface area contributed by atoms with E-state index in [0.29, 0.717) is 19.0 Å². The predicted molar refractivity (Wildman–Crippen MR) is 138 cm³/mol. The summed E-state index contributed by atoms with van der Waals surface area (Å²) in [5, 5.41) is 13.7. The third-order valence-electron chi connectivity index (χ3n) is 8.74. The van der Waals surface area contributed by atoms with Crippen LogP contribution in [0.3, 0.4) is 0 Å². The fraction of sp³-hybridized carbons (Fsp3) is 0.552. The molecule has 7 nitrogen and oxygen atoms in total. The lowest BCUT2D eigenvalue weighted by atomic mass is 9.86. The first-order valence-electron chi connectivity index (χ1n) is 13.6. The topological polar surface area (TPSA) is 87.5 Å². The van der Waals surface area contributed by atoms with Crippen LogP contribution in [0.5, 0.6) is 0 Å². The number of nitrogens with one attached hydrogen (secondary N) is 1. The monoisotopic (exact) mass is 488 g/mol. The number of hydrogen-bond donors (Lipinski definition) is 2. The minimum atomic E-state index is -0.371. The molecule has 2 aliphatic heterocycles. The van der Waals surface area contributed by atoms with Gasteiger partial charge in [0.05, 0.1) is 12.0 Å². The summed E-state index contributed by atoms with van der Waals surface area (Å²) in [7, 11) is 0. The van der Waals surface area contributed by atoms with Gasteiger partial charge in [-0.05, 0) is 86.3 Å². The van der Waals surface area contributed by atoms with E-state index in [1.165, 1.54) is 24.8 Å². The van der Waals surface area contributed by atoms with Gasteiger partial charge in [0.15, 0.2) is 0 Å². The largest absolute Gasteiger partial charge is 0.396 e. The van der Waals surface area contributed by atoms with E-state index in [2.05, 4.69) is 27.3 Å². The maximum atomic E-state index is 13.7. The highest BCUT2D eigenvalue weighted by Crippen LogP contribution is 2.50. The second kappa shape index (κ2) is 9.94. The van der Waals surface area contributed by atoms with E-state index >= 15 is 0 Å². The van der Waals surface area contributed by atoms with E-state index in [0.717, 1.165) is 49.0 Å². The molecule has 2 aromatic heterocycles. The molecule has 2 aliphatic carbocycles. The van der Waals surface area contributed by atoms with Crippen molar-refractivity contribution in [3.8, 4) is 0 Å². The summed E-state index contributed by atoms with van der Waals surface area (Å²) in [6.07, 6.45) is 13.2. The van der Waals surface area contributed by atoms with Crippen molar-refractivity contribution >= 4 is 11.5 Å². The van der Waals surface area contributed by atoms with Gasteiger partial charge in [0.25, 0.3) is 5.56 Å². The molecule has 0 spiro atoms. The van der Waals surface area contributed by atoms with Crippen LogP contribution in [-0.2, 0) is 17.8 Å². The molecule has 0 radical (unpaired) electrons. The van der Waals surface area contributed by atoms with Gasteiger partial charge >= 0.3 is 0 Å². The summed E-state index contributed by atoms with van der Waals surface area (Å²) in [6, 6.07) is 7.83. The Hall–Kier alpha value is -2.77. The number of nitrogens with zero attached hydrogens (tertiary/aromatic N) is 3. The second-order valence-corrected chi connectivity index (χ2v) is 11.0. The van der Waals surface area contributed by atoms with Gasteiger partial charge in [-0.25, -0.2) is 0 Å². The number of pyridine rings is 2. The zero-order valence-electron chi connectivity index (χ0n) is 20.8. The highest BCUT2D eigenvalue weighted by atomic mass is 16.3. The molecule has 0 aromatic carbocycles. The van der Waals surface area contributed by atoms with Crippen LogP contribution in [0.2, 0.25) is 0 Å². The molecule has 2 aromatic rings. The Morgan fingerprint density at radius 2 is 1.97 bits per heavy atom. The van der Waals surface area contributed by atoms with Crippen LogP contribution >= 0.6 is 0 Å². The summed E-state index contributed by atoms with van der Waals surface area (Å²) < 4.78 is 1.93. The molecular weight excluding hydrogens is 452 g/mol. The van der Waals surface area contributed by atoms with Crippen LogP contribution in [0.1, 0.15) is 61.4 Å². The Morgan fingerprint density at radius 1 is 1.14 bits per heavy atom. The van der Waals surface area contributed by atoms with Crippen molar-refractivity contribution in [1.82, 2.24) is 19.8 Å². The lowest BCUT2D eigenvalue weighted by Gasteiger charge is -2.38. The first-order valence-corrected chi connectivity index (χ1v) is 13.6. The molecule has 190 valence electrons. The third kappa shape index (κ3) is 4.33. The molecule has 4 atom stereocenters. The molecule has 1 saturated heterocycles. The zero-order chi connectivity index (χ0) is 24.6. The van der Waals surface area contributed by atoms with E-state index in [1.807, 2.05) is 22.8 Å². The number of hydrogen-bond acceptors (Lipinski definition) is 5. The number of aliphatic hydroxyl groups excluding tert-OH is 1. The molecule has 1 amide bonds. The van der Waals surface area contributed by atoms with Crippen molar-refractivity contribution < 1.29 is 9.90 Å². The Balaban J connectivity index is 1.31. The van der Waals surface area contributed by atoms with Gasteiger partial charge < -0.3 is 15.0 Å². The van der Waals surface area contributed by atoms with Crippen LogP contribution in [0.25, 0.3) is 5.57 Å². The second-order valence-electron chi connectivity index (χ2n) is 11.0. The lowest BCUT2D eigenvalue weighted by Crippen LogP contribution is -2.47. The Labute approximate surface area is 212 Å². The predicted octanol–water partition coefficient (Wildman–Crippen LogP) is 2.93. The van der Waals surface area contributed by atoms with Gasteiger partial charge in [-0.3, -0.25) is 19.5 Å². The van der Waals surface area contributed by atoms with Gasteiger partial charge in [0.2, 0.25) is 5.91 Å². The van der Waals surface area contributed by atoms with E-state index < -0.39 is 0 Å². The average Bonchev–Trinajstić information content (AvgIpc) is 3.70. The molecule has 2 N–H and O–H groups in total. The van der Waals surface area contributed by atoms with Crippen LogP contribution in [-0.4, -0.2) is 51.2 Å². The smallest absolute Gasteiger partial charge is 0.258 e. The normalized spacial score (nSPS) is 27.4. The number of carbonyl (C=O) groups excluding carboxylic acids is 1. The van der Waals surface area contributed by atoms with Crippen molar-refractivity contribution in [2.45, 2.75) is 63.6 Å². The van der Waals surface area contributed by atoms with Gasteiger partial charge in [-0.2, -0.15) is 0 Å². The van der Waals surface area contributed by atoms with Gasteiger partial charge in [-0.15, -0.1) is 0 Å². The van der Waals surface area contributed by atoms with Crippen LogP contribution in [0.15, 0.2) is 47.5 Å². The van der Waals surface area contributed by atoms with Crippen LogP contribution < -0.4 is 10.9 Å². The standard InChI is InChI=1S/C29H36N4O3/c34-18-23-25-17-33-24(9-8-22(29(33)36)21-4-2-1-3-5-21)27(32(25)16-20-6-7-20)26(23)28(35)31-15-12-19-10-13-30-14-11-19/h4,8-11,13-14,20,23,25-27,34H,1-3,5-7,12,15-18H2,(H,31,35)/t23-,25-,26+,27+/m0/s1. The maximum Gasteiger partial charge on any atom is 0.258 e. The molecule has 0 unspecified atom stereocenters. The summed E-state index contributed by atoms with van der Waals surface area (Å²) in [6.45, 7) is 1.97. The van der Waals surface area contributed by atoms with Crippen molar-refractivity contribution in [2.24, 2.45) is 17.8 Å². The van der Waals surface area contributed by atoms with Gasteiger partial charge in [0, 0.05) is 61.9 Å². The molecule has 4 aliphatic rings. The highest BCUT2D eigenvalue weighted by molar-refractivity contribution is 5.80. The van der Waals surface area contributed by atoms with E-state index in [1.54, 1.807) is 12.4 Å². The Bertz CT molecular complexity index is 1200. The van der Waals surface area contributed by atoms with Crippen molar-refractivity contribution in [2.75, 3.05) is 19.7 Å². The number of aromatic nitrogens is 2. The number of fused-ring (bicyclic) bond motifs is 4. The Morgan fingerprint density at radius 3 is 2.69 bits per heavy atom. The van der Waals surface area contributed by atoms with Crippen LogP contribution in [0.4, 0.5) is 0 Å². The van der Waals surface area contributed by atoms with E-state index in [9.17, 15) is 14.7 Å². The SMILES string of the molecule is O=C(NCCc1ccncc1)[C@@H]1[C@@H](CO)[C@@H]2Cn3c(ccc(C4=CCCCC4)c3=O)[C@H]1N2CC1CC1. The number of aliphatic hydroxyl groups is 1. The Kier molecular flexibility index (Phi) is 6.52. The molecule has 7 heteroatoms. The van der Waals surface area contributed by atoms with E-state index in [4.69, 9.17) is 0 Å². The van der Waals surface area contributed by atoms with Crippen LogP contribution in [0, 0.1) is 17.8 Å². The molecule has 1 saturated carbocycles. The van der Waals surface area contributed by atoms with Crippen molar-refractivity contribution in [3.05, 3.63) is 69.9 Å². The number of amides is 1. The molecule has 4 heterocycles. The van der Waals surface area contributed by atoms with Gasteiger partial charge in [-0.1, -0.05) is 6.08 Å². The molecule has 2 bridgehead atoms. The molecule has 6 rings (SSSR count). The average molecular weight is 489 g/mol. The maximum absolute atomic E-state index is 13.7. The lowest BCUT2D eigenvalue weighted by molar-refractivity contribution is -0.127. The van der Waals surface area contributed by atoms with Crippen molar-refractivity contribution in [1.29, 1.82) is 0 Å². The summed E-state index contributed by atoms with van der Waals surface area (Å²) in [5.74, 6) is 0.0829.